The molecule has 4 heteroatoms. The van der Waals surface area contributed by atoms with E-state index in [4.69, 9.17) is 0 Å². The number of hydrogen-bond acceptors (Lipinski definition) is 3. The summed E-state index contributed by atoms with van der Waals surface area (Å²) < 4.78 is 0. The lowest BCUT2D eigenvalue weighted by molar-refractivity contribution is 0.406. The summed E-state index contributed by atoms with van der Waals surface area (Å²) in [4.78, 5) is 1.59. The SMILES string of the molecule is OB(O)N1c2ccccc2C(c2ccccc2)(c2ccccc2)c2ccccc21. The van der Waals surface area contributed by atoms with Gasteiger partial charge in [-0.05, 0) is 34.4 Å². The summed E-state index contributed by atoms with van der Waals surface area (Å²) in [6.45, 7) is 0. The van der Waals surface area contributed by atoms with Gasteiger partial charge in [-0.1, -0.05) is 97.1 Å². The molecule has 0 unspecified atom stereocenters. The number of fused-ring (bicyclic) bond motifs is 2. The Hall–Kier alpha value is -3.34. The van der Waals surface area contributed by atoms with Gasteiger partial charge in [-0.25, -0.2) is 0 Å². The molecule has 0 aliphatic carbocycles. The van der Waals surface area contributed by atoms with Crippen molar-refractivity contribution >= 4 is 18.6 Å². The second kappa shape index (κ2) is 6.92. The molecule has 1 aliphatic rings. The molecule has 0 spiro atoms. The number of para-hydroxylation sites is 2. The van der Waals surface area contributed by atoms with Crippen LogP contribution in [0.25, 0.3) is 0 Å². The van der Waals surface area contributed by atoms with Crippen LogP contribution in [0.1, 0.15) is 22.3 Å². The van der Waals surface area contributed by atoms with E-state index >= 15 is 0 Å². The van der Waals surface area contributed by atoms with E-state index in [2.05, 4.69) is 60.7 Å². The lowest BCUT2D eigenvalue weighted by Crippen LogP contribution is -2.45. The van der Waals surface area contributed by atoms with E-state index in [0.717, 1.165) is 33.6 Å². The molecular formula is C25H20BNO2. The van der Waals surface area contributed by atoms with Crippen molar-refractivity contribution in [3.05, 3.63) is 131 Å². The zero-order chi connectivity index (χ0) is 19.8. The minimum atomic E-state index is -1.64. The molecule has 0 fully saturated rings. The Labute approximate surface area is 170 Å². The van der Waals surface area contributed by atoms with Gasteiger partial charge in [0.15, 0.2) is 0 Å². The molecule has 4 aromatic carbocycles. The predicted molar refractivity (Wildman–Crippen MR) is 117 cm³/mol. The third-order valence-corrected chi connectivity index (χ3v) is 5.78. The quantitative estimate of drug-likeness (QED) is 0.517. The molecule has 0 saturated heterocycles. The summed E-state index contributed by atoms with van der Waals surface area (Å²) in [5.41, 5.74) is 5.31. The highest BCUT2D eigenvalue weighted by molar-refractivity contribution is 6.49. The Morgan fingerprint density at radius 3 is 1.31 bits per heavy atom. The Morgan fingerprint density at radius 2 is 0.897 bits per heavy atom. The van der Waals surface area contributed by atoms with Crippen molar-refractivity contribution in [2.75, 3.05) is 4.81 Å². The van der Waals surface area contributed by atoms with Gasteiger partial charge in [-0.2, -0.15) is 0 Å². The number of rotatable bonds is 3. The van der Waals surface area contributed by atoms with Crippen LogP contribution in [0, 0.1) is 0 Å². The summed E-state index contributed by atoms with van der Waals surface area (Å²) in [5.74, 6) is 0. The third-order valence-electron chi connectivity index (χ3n) is 5.78. The average molecular weight is 377 g/mol. The summed E-state index contributed by atoms with van der Waals surface area (Å²) in [6.07, 6.45) is 0. The summed E-state index contributed by atoms with van der Waals surface area (Å²) in [5, 5.41) is 20.5. The first-order valence-corrected chi connectivity index (χ1v) is 9.70. The van der Waals surface area contributed by atoms with E-state index < -0.39 is 12.7 Å². The van der Waals surface area contributed by atoms with Gasteiger partial charge in [0.05, 0.1) is 5.41 Å². The van der Waals surface area contributed by atoms with Gasteiger partial charge >= 0.3 is 7.25 Å². The van der Waals surface area contributed by atoms with Gasteiger partial charge in [-0.3, -0.25) is 0 Å². The standard InChI is InChI=1S/C25H20BNO2/c28-26(29)27-23-17-9-7-15-21(23)25(19-11-3-1-4-12-19,20-13-5-2-6-14-20)22-16-8-10-18-24(22)27/h1-18,28-29H. The van der Waals surface area contributed by atoms with Crippen LogP contribution >= 0.6 is 0 Å². The van der Waals surface area contributed by atoms with Gasteiger partial charge < -0.3 is 14.9 Å². The van der Waals surface area contributed by atoms with Crippen molar-refractivity contribution in [3.8, 4) is 0 Å². The first-order valence-electron chi connectivity index (χ1n) is 9.70. The minimum Gasteiger partial charge on any atom is -0.407 e. The second-order valence-electron chi connectivity index (χ2n) is 7.23. The van der Waals surface area contributed by atoms with Gasteiger partial charge in [0.1, 0.15) is 0 Å². The molecule has 0 bridgehead atoms. The summed E-state index contributed by atoms with van der Waals surface area (Å²) in [6, 6.07) is 36.8. The van der Waals surface area contributed by atoms with E-state index in [0.29, 0.717) is 0 Å². The molecule has 0 amide bonds. The van der Waals surface area contributed by atoms with Crippen molar-refractivity contribution in [1.82, 2.24) is 0 Å². The fourth-order valence-electron chi connectivity index (χ4n) is 4.69. The molecular weight excluding hydrogens is 357 g/mol. The van der Waals surface area contributed by atoms with E-state index in [1.165, 1.54) is 0 Å². The van der Waals surface area contributed by atoms with Gasteiger partial charge in [0.25, 0.3) is 0 Å². The van der Waals surface area contributed by atoms with Crippen molar-refractivity contribution < 1.29 is 10.0 Å². The molecule has 4 aromatic rings. The third kappa shape index (κ3) is 2.54. The maximum absolute atomic E-state index is 10.3. The first-order chi connectivity index (χ1) is 14.2. The molecule has 0 aromatic heterocycles. The summed E-state index contributed by atoms with van der Waals surface area (Å²) >= 11 is 0. The average Bonchev–Trinajstić information content (AvgIpc) is 2.78. The molecule has 3 nitrogen and oxygen atoms in total. The van der Waals surface area contributed by atoms with Crippen LogP contribution in [-0.2, 0) is 5.41 Å². The first kappa shape index (κ1) is 17.7. The number of benzene rings is 4. The van der Waals surface area contributed by atoms with E-state index in [-0.39, 0.29) is 0 Å². The smallest absolute Gasteiger partial charge is 0.407 e. The Kier molecular flexibility index (Phi) is 4.24. The van der Waals surface area contributed by atoms with Crippen LogP contribution in [0.5, 0.6) is 0 Å². The van der Waals surface area contributed by atoms with Crippen LogP contribution in [-0.4, -0.2) is 17.3 Å². The van der Waals surface area contributed by atoms with E-state index in [1.807, 2.05) is 48.5 Å². The highest BCUT2D eigenvalue weighted by atomic mass is 16.4. The molecule has 1 heterocycles. The van der Waals surface area contributed by atoms with Crippen LogP contribution in [0.15, 0.2) is 109 Å². The largest absolute Gasteiger partial charge is 0.592 e. The molecule has 5 rings (SSSR count). The maximum Gasteiger partial charge on any atom is 0.592 e. The highest BCUT2D eigenvalue weighted by Crippen LogP contribution is 2.55. The van der Waals surface area contributed by atoms with E-state index in [1.54, 1.807) is 4.81 Å². The van der Waals surface area contributed by atoms with Crippen LogP contribution in [0.3, 0.4) is 0 Å². The van der Waals surface area contributed by atoms with E-state index in [9.17, 15) is 10.0 Å². The molecule has 29 heavy (non-hydrogen) atoms. The number of nitrogens with zero attached hydrogens (tertiary/aromatic N) is 1. The van der Waals surface area contributed by atoms with Gasteiger partial charge in [0.2, 0.25) is 0 Å². The Morgan fingerprint density at radius 1 is 0.517 bits per heavy atom. The molecule has 0 radical (unpaired) electrons. The predicted octanol–water partition coefficient (Wildman–Crippen LogP) is 4.49. The van der Waals surface area contributed by atoms with Crippen molar-refractivity contribution in [2.24, 2.45) is 0 Å². The molecule has 1 aliphatic heterocycles. The molecule has 140 valence electrons. The monoisotopic (exact) mass is 377 g/mol. The fourth-order valence-corrected chi connectivity index (χ4v) is 4.69. The number of hydrogen-bond donors (Lipinski definition) is 2. The normalized spacial score (nSPS) is 14.1. The van der Waals surface area contributed by atoms with Crippen molar-refractivity contribution in [1.29, 1.82) is 0 Å². The van der Waals surface area contributed by atoms with Crippen LogP contribution in [0.4, 0.5) is 11.4 Å². The maximum atomic E-state index is 10.3. The lowest BCUT2D eigenvalue weighted by atomic mass is 9.62. The zero-order valence-corrected chi connectivity index (χ0v) is 15.8. The van der Waals surface area contributed by atoms with Gasteiger partial charge in [-0.15, -0.1) is 0 Å². The highest BCUT2D eigenvalue weighted by Gasteiger charge is 2.47. The van der Waals surface area contributed by atoms with Crippen molar-refractivity contribution in [2.45, 2.75) is 5.41 Å². The Bertz CT molecular complexity index is 1060. The van der Waals surface area contributed by atoms with Crippen molar-refractivity contribution in [3.63, 3.8) is 0 Å². The molecule has 0 atom stereocenters. The second-order valence-corrected chi connectivity index (χ2v) is 7.23. The van der Waals surface area contributed by atoms with Crippen LogP contribution in [0.2, 0.25) is 0 Å². The topological polar surface area (TPSA) is 43.7 Å². The molecule has 0 saturated carbocycles. The number of anilines is 2. The molecule has 2 N–H and O–H groups in total. The lowest BCUT2D eigenvalue weighted by Gasteiger charge is -2.46. The minimum absolute atomic E-state index is 0.568. The fraction of sp³-hybridized carbons (Fsp3) is 0.0400. The zero-order valence-electron chi connectivity index (χ0n) is 15.8. The Balaban J connectivity index is 1.98. The summed E-state index contributed by atoms with van der Waals surface area (Å²) in [7, 11) is -1.64. The van der Waals surface area contributed by atoms with Gasteiger partial charge in [0, 0.05) is 11.4 Å². The van der Waals surface area contributed by atoms with Crippen LogP contribution < -0.4 is 4.81 Å².